The van der Waals surface area contributed by atoms with Crippen LogP contribution in [0, 0.1) is 5.92 Å². The second-order valence-electron chi connectivity index (χ2n) is 5.42. The SMILES string of the molecule is COCC(C)CNS(=O)(=O)c1cc(CNC2CC2)sc1Br. The van der Waals surface area contributed by atoms with Gasteiger partial charge in [0.15, 0.2) is 0 Å². The fraction of sp³-hybridized carbons (Fsp3) is 0.692. The van der Waals surface area contributed by atoms with Crippen LogP contribution in [-0.4, -0.2) is 34.7 Å². The van der Waals surface area contributed by atoms with E-state index in [9.17, 15) is 8.42 Å². The minimum atomic E-state index is -3.48. The van der Waals surface area contributed by atoms with Crippen LogP contribution in [0.3, 0.4) is 0 Å². The highest BCUT2D eigenvalue weighted by Gasteiger charge is 2.23. The predicted molar refractivity (Wildman–Crippen MR) is 88.1 cm³/mol. The van der Waals surface area contributed by atoms with E-state index in [1.165, 1.54) is 24.2 Å². The summed E-state index contributed by atoms with van der Waals surface area (Å²) < 4.78 is 33.0. The maximum absolute atomic E-state index is 12.3. The van der Waals surface area contributed by atoms with Crippen molar-refractivity contribution in [1.82, 2.24) is 10.0 Å². The highest BCUT2D eigenvalue weighted by Crippen LogP contribution is 2.32. The number of ether oxygens (including phenoxy) is 1. The predicted octanol–water partition coefficient (Wildman–Crippen LogP) is 2.32. The molecular weight excluding hydrogens is 376 g/mol. The summed E-state index contributed by atoms with van der Waals surface area (Å²) in [4.78, 5) is 1.35. The quantitative estimate of drug-likeness (QED) is 0.671. The van der Waals surface area contributed by atoms with Gasteiger partial charge in [-0.25, -0.2) is 13.1 Å². The Kier molecular flexibility index (Phi) is 6.22. The molecule has 1 heterocycles. The first-order valence-electron chi connectivity index (χ1n) is 6.92. The Labute approximate surface area is 138 Å². The van der Waals surface area contributed by atoms with Crippen LogP contribution >= 0.6 is 27.3 Å². The van der Waals surface area contributed by atoms with E-state index in [4.69, 9.17) is 4.74 Å². The van der Waals surface area contributed by atoms with E-state index in [0.717, 1.165) is 11.4 Å². The largest absolute Gasteiger partial charge is 0.384 e. The first-order chi connectivity index (χ1) is 9.92. The van der Waals surface area contributed by atoms with Crippen LogP contribution in [0.1, 0.15) is 24.6 Å². The van der Waals surface area contributed by atoms with Gasteiger partial charge in [0.05, 0.1) is 3.79 Å². The number of rotatable bonds is 9. The van der Waals surface area contributed by atoms with Gasteiger partial charge in [0.2, 0.25) is 10.0 Å². The molecule has 0 aliphatic heterocycles. The fourth-order valence-electron chi connectivity index (χ4n) is 1.87. The van der Waals surface area contributed by atoms with Gasteiger partial charge in [0.25, 0.3) is 0 Å². The molecule has 1 aliphatic carbocycles. The molecule has 1 aliphatic rings. The van der Waals surface area contributed by atoms with Crippen molar-refractivity contribution in [2.45, 2.75) is 37.2 Å². The Morgan fingerprint density at radius 2 is 2.24 bits per heavy atom. The molecule has 0 bridgehead atoms. The molecule has 21 heavy (non-hydrogen) atoms. The molecule has 1 fully saturated rings. The third kappa shape index (κ3) is 5.30. The minimum Gasteiger partial charge on any atom is -0.384 e. The Bertz CT molecular complexity index is 570. The monoisotopic (exact) mass is 396 g/mol. The van der Waals surface area contributed by atoms with Crippen LogP contribution in [0.2, 0.25) is 0 Å². The molecule has 0 radical (unpaired) electrons. The van der Waals surface area contributed by atoms with Gasteiger partial charge >= 0.3 is 0 Å². The van der Waals surface area contributed by atoms with E-state index in [1.54, 1.807) is 13.2 Å². The van der Waals surface area contributed by atoms with Crippen molar-refractivity contribution in [2.75, 3.05) is 20.3 Å². The molecule has 2 N–H and O–H groups in total. The zero-order valence-corrected chi connectivity index (χ0v) is 15.4. The summed E-state index contributed by atoms with van der Waals surface area (Å²) in [5, 5.41) is 3.39. The maximum Gasteiger partial charge on any atom is 0.242 e. The van der Waals surface area contributed by atoms with Crippen LogP contribution < -0.4 is 10.0 Å². The third-order valence-electron chi connectivity index (χ3n) is 3.21. The van der Waals surface area contributed by atoms with Gasteiger partial charge in [0, 0.05) is 37.7 Å². The van der Waals surface area contributed by atoms with Crippen LogP contribution in [0.5, 0.6) is 0 Å². The molecule has 0 amide bonds. The average Bonchev–Trinajstić information content (AvgIpc) is 3.17. The summed E-state index contributed by atoms with van der Waals surface area (Å²) in [7, 11) is -1.87. The molecular formula is C13H21BrN2O3S2. The Morgan fingerprint density at radius 1 is 1.52 bits per heavy atom. The number of thiophene rings is 1. The van der Waals surface area contributed by atoms with E-state index < -0.39 is 10.0 Å². The van der Waals surface area contributed by atoms with Gasteiger partial charge in [-0.1, -0.05) is 6.92 Å². The standard InChI is InChI=1S/C13H21BrN2O3S2/c1-9(8-19-2)6-16-21(17,18)12-5-11(20-13(12)14)7-15-10-3-4-10/h5,9-10,15-16H,3-4,6-8H2,1-2H3. The Hall–Kier alpha value is 0.01000. The normalized spacial score (nSPS) is 17.1. The van der Waals surface area contributed by atoms with Crippen molar-refractivity contribution < 1.29 is 13.2 Å². The summed E-state index contributed by atoms with van der Waals surface area (Å²) in [6.45, 7) is 3.57. The second-order valence-corrected chi connectivity index (χ2v) is 9.61. The van der Waals surface area contributed by atoms with Gasteiger partial charge < -0.3 is 10.1 Å². The summed E-state index contributed by atoms with van der Waals surface area (Å²) in [5.41, 5.74) is 0. The smallest absolute Gasteiger partial charge is 0.242 e. The lowest BCUT2D eigenvalue weighted by Gasteiger charge is -2.11. The van der Waals surface area contributed by atoms with Crippen molar-refractivity contribution in [1.29, 1.82) is 0 Å². The highest BCUT2D eigenvalue weighted by atomic mass is 79.9. The molecule has 1 saturated carbocycles. The first kappa shape index (κ1) is 17.4. The van der Waals surface area contributed by atoms with Crippen LogP contribution in [0.15, 0.2) is 14.7 Å². The van der Waals surface area contributed by atoms with Crippen molar-refractivity contribution >= 4 is 37.3 Å². The number of methoxy groups -OCH3 is 1. The lowest BCUT2D eigenvalue weighted by atomic mass is 10.2. The van der Waals surface area contributed by atoms with E-state index in [-0.39, 0.29) is 5.92 Å². The van der Waals surface area contributed by atoms with Gasteiger partial charge in [0.1, 0.15) is 4.90 Å². The van der Waals surface area contributed by atoms with Crippen LogP contribution in [-0.2, 0) is 21.3 Å². The van der Waals surface area contributed by atoms with Crippen molar-refractivity contribution in [3.05, 3.63) is 14.7 Å². The Balaban J connectivity index is 1.97. The maximum atomic E-state index is 12.3. The Morgan fingerprint density at radius 3 is 2.86 bits per heavy atom. The number of hydrogen-bond acceptors (Lipinski definition) is 5. The average molecular weight is 397 g/mol. The molecule has 1 aromatic heterocycles. The van der Waals surface area contributed by atoms with E-state index >= 15 is 0 Å². The van der Waals surface area contributed by atoms with Gasteiger partial charge in [-0.15, -0.1) is 11.3 Å². The minimum absolute atomic E-state index is 0.137. The lowest BCUT2D eigenvalue weighted by molar-refractivity contribution is 0.161. The van der Waals surface area contributed by atoms with E-state index in [0.29, 0.717) is 27.9 Å². The lowest BCUT2D eigenvalue weighted by Crippen LogP contribution is -2.30. The zero-order valence-electron chi connectivity index (χ0n) is 12.2. The fourth-order valence-corrected chi connectivity index (χ4v) is 5.67. The summed E-state index contributed by atoms with van der Waals surface area (Å²) >= 11 is 4.83. The third-order valence-corrected chi connectivity index (χ3v) is 6.89. The summed E-state index contributed by atoms with van der Waals surface area (Å²) in [5.74, 6) is 0.137. The van der Waals surface area contributed by atoms with Crippen molar-refractivity contribution in [2.24, 2.45) is 5.92 Å². The molecule has 5 nitrogen and oxygen atoms in total. The summed E-state index contributed by atoms with van der Waals surface area (Å²) in [6.07, 6.45) is 2.44. The van der Waals surface area contributed by atoms with Gasteiger partial charge in [-0.05, 0) is 40.8 Å². The highest BCUT2D eigenvalue weighted by molar-refractivity contribution is 9.11. The number of hydrogen-bond donors (Lipinski definition) is 2. The van der Waals surface area contributed by atoms with Gasteiger partial charge in [-0.3, -0.25) is 0 Å². The number of sulfonamides is 1. The zero-order chi connectivity index (χ0) is 15.5. The molecule has 0 aromatic carbocycles. The molecule has 1 unspecified atom stereocenters. The summed E-state index contributed by atoms with van der Waals surface area (Å²) in [6, 6.07) is 2.35. The molecule has 1 aromatic rings. The number of nitrogens with one attached hydrogen (secondary N) is 2. The van der Waals surface area contributed by atoms with Gasteiger partial charge in [-0.2, -0.15) is 0 Å². The van der Waals surface area contributed by atoms with E-state index in [1.807, 2.05) is 6.92 Å². The molecule has 0 spiro atoms. The van der Waals surface area contributed by atoms with Crippen LogP contribution in [0.4, 0.5) is 0 Å². The number of halogens is 1. The second kappa shape index (κ2) is 7.52. The van der Waals surface area contributed by atoms with Crippen molar-refractivity contribution in [3.8, 4) is 0 Å². The van der Waals surface area contributed by atoms with Crippen molar-refractivity contribution in [3.63, 3.8) is 0 Å². The molecule has 0 saturated heterocycles. The molecule has 1 atom stereocenters. The molecule has 120 valence electrons. The van der Waals surface area contributed by atoms with E-state index in [2.05, 4.69) is 26.0 Å². The first-order valence-corrected chi connectivity index (χ1v) is 10.0. The molecule has 2 rings (SSSR count). The topological polar surface area (TPSA) is 67.4 Å². The molecule has 8 heteroatoms. The van der Waals surface area contributed by atoms with Crippen LogP contribution in [0.25, 0.3) is 0 Å².